The molecule has 7 rings (SSSR count). The van der Waals surface area contributed by atoms with E-state index >= 15 is 0 Å². The number of aromatic nitrogens is 5. The number of hydrogen-bond acceptors (Lipinski definition) is 15. The third-order valence-corrected chi connectivity index (χ3v) is 11.4. The number of aryl methyl sites for hydroxylation is 2. The molecule has 3 amide bonds. The van der Waals surface area contributed by atoms with Crippen LogP contribution in [-0.2, 0) is 9.59 Å². The maximum atomic E-state index is 13.5. The van der Waals surface area contributed by atoms with Gasteiger partial charge in [-0.2, -0.15) is 4.98 Å². The number of piperazine rings is 1. The molecule has 1 saturated heterocycles. The van der Waals surface area contributed by atoms with Crippen LogP contribution < -0.4 is 31.7 Å². The molecular weight excluding hydrogens is 781 g/mol. The molecule has 306 valence electrons. The predicted octanol–water partition coefficient (Wildman–Crippen LogP) is 4.36. The Balaban J connectivity index is 0.889. The number of thiazole rings is 1. The summed E-state index contributed by atoms with van der Waals surface area (Å²) in [5.74, 6) is -0.945. The molecule has 5 aromatic rings. The number of benzene rings is 1. The molecule has 5 heterocycles. The first kappa shape index (κ1) is 40.5. The molecule has 59 heavy (non-hydrogen) atoms. The molecule has 1 aromatic carbocycles. The second-order valence-corrected chi connectivity index (χ2v) is 15.4. The number of carbonyl (C=O) groups excluding carboxylic acids is 4. The van der Waals surface area contributed by atoms with E-state index in [4.69, 9.17) is 4.98 Å². The highest BCUT2D eigenvalue weighted by molar-refractivity contribution is 7.19. The molecule has 4 N–H and O–H groups in total. The van der Waals surface area contributed by atoms with Crippen LogP contribution in [0.4, 0.5) is 33.3 Å². The average molecular weight is 823 g/mol. The summed E-state index contributed by atoms with van der Waals surface area (Å²) in [5.41, 5.74) is 2.35. The number of nitrogens with zero attached hydrogens (tertiary/aromatic N) is 8. The molecule has 4 aromatic heterocycles. The molecule has 0 bridgehead atoms. The number of hydrogen-bond donors (Lipinski definition) is 4. The molecule has 1 aliphatic carbocycles. The smallest absolute Gasteiger partial charge is 0.348 e. The van der Waals surface area contributed by atoms with E-state index in [0.717, 1.165) is 42.7 Å². The Kier molecular flexibility index (Phi) is 12.0. The summed E-state index contributed by atoms with van der Waals surface area (Å²) in [6, 6.07) is 10.00. The highest BCUT2D eigenvalue weighted by Crippen LogP contribution is 2.33. The number of para-hydroxylation sites is 1. The molecule has 2 aliphatic rings. The van der Waals surface area contributed by atoms with Crippen LogP contribution in [-0.4, -0.2) is 97.1 Å². The summed E-state index contributed by atoms with van der Waals surface area (Å²) in [4.78, 5) is 97.0. The van der Waals surface area contributed by atoms with E-state index < -0.39 is 16.7 Å². The zero-order chi connectivity index (χ0) is 41.8. The van der Waals surface area contributed by atoms with Gasteiger partial charge >= 0.3 is 5.00 Å². The number of anilines is 5. The van der Waals surface area contributed by atoms with E-state index in [1.54, 1.807) is 36.0 Å². The van der Waals surface area contributed by atoms with Crippen LogP contribution in [0, 0.1) is 24.0 Å². The molecule has 19 nitrogen and oxygen atoms in total. The second-order valence-electron chi connectivity index (χ2n) is 14.4. The third kappa shape index (κ3) is 9.07. The second kappa shape index (κ2) is 17.4. The number of ketones is 1. The largest absolute Gasteiger partial charge is 0.368 e. The predicted molar refractivity (Wildman–Crippen MR) is 222 cm³/mol. The lowest BCUT2D eigenvalue weighted by atomic mass is 10.0. The quantitative estimate of drug-likeness (QED) is 0.0734. The van der Waals surface area contributed by atoms with Gasteiger partial charge in [0.2, 0.25) is 17.8 Å². The summed E-state index contributed by atoms with van der Waals surface area (Å²) < 4.78 is 1.67. The van der Waals surface area contributed by atoms with Crippen molar-refractivity contribution in [3.63, 3.8) is 0 Å². The summed E-state index contributed by atoms with van der Waals surface area (Å²) in [7, 11) is 0. The number of amides is 3. The molecule has 0 spiro atoms. The van der Waals surface area contributed by atoms with Crippen LogP contribution in [0.1, 0.15) is 70.6 Å². The number of pyridine rings is 2. The monoisotopic (exact) mass is 822 g/mol. The zero-order valence-corrected chi connectivity index (χ0v) is 33.4. The molecular formula is C39H42N12O7S. The fourth-order valence-electron chi connectivity index (χ4n) is 7.43. The van der Waals surface area contributed by atoms with Crippen LogP contribution in [0.2, 0.25) is 0 Å². The van der Waals surface area contributed by atoms with Gasteiger partial charge in [0.05, 0.1) is 46.7 Å². The normalized spacial score (nSPS) is 14.6. The highest BCUT2D eigenvalue weighted by Gasteiger charge is 2.27. The van der Waals surface area contributed by atoms with Gasteiger partial charge in [0.15, 0.2) is 10.9 Å². The fourth-order valence-corrected chi connectivity index (χ4v) is 8.21. The number of nitrogens with one attached hydrogen (secondary N) is 4. The van der Waals surface area contributed by atoms with Crippen LogP contribution in [0.15, 0.2) is 53.6 Å². The first-order valence-electron chi connectivity index (χ1n) is 19.1. The average Bonchev–Trinajstić information content (AvgIpc) is 3.87. The van der Waals surface area contributed by atoms with Gasteiger partial charge in [0.1, 0.15) is 17.2 Å². The van der Waals surface area contributed by atoms with Gasteiger partial charge in [-0.05, 0) is 74.8 Å². The van der Waals surface area contributed by atoms with Crippen molar-refractivity contribution in [3.8, 4) is 0 Å². The minimum Gasteiger partial charge on any atom is -0.368 e. The van der Waals surface area contributed by atoms with E-state index in [1.165, 1.54) is 26.0 Å². The minimum atomic E-state index is -0.610. The Morgan fingerprint density at radius 1 is 0.932 bits per heavy atom. The maximum Gasteiger partial charge on any atom is 0.348 e. The molecule has 20 heteroatoms. The van der Waals surface area contributed by atoms with E-state index in [2.05, 4.69) is 41.1 Å². The number of carbonyl (C=O) groups is 4. The third-order valence-electron chi connectivity index (χ3n) is 10.4. The molecule has 1 saturated carbocycles. The molecule has 1 aliphatic heterocycles. The van der Waals surface area contributed by atoms with Crippen molar-refractivity contribution in [1.29, 1.82) is 0 Å². The van der Waals surface area contributed by atoms with Crippen LogP contribution in [0.5, 0.6) is 0 Å². The van der Waals surface area contributed by atoms with Gasteiger partial charge in [0, 0.05) is 43.8 Å². The Morgan fingerprint density at radius 2 is 1.68 bits per heavy atom. The lowest BCUT2D eigenvalue weighted by Crippen LogP contribution is -2.50. The van der Waals surface area contributed by atoms with Crippen molar-refractivity contribution in [3.05, 3.63) is 91.6 Å². The van der Waals surface area contributed by atoms with Gasteiger partial charge in [-0.25, -0.2) is 15.0 Å². The van der Waals surface area contributed by atoms with Gasteiger partial charge in [-0.15, -0.1) is 0 Å². The number of fused-ring (bicyclic) bond motifs is 1. The van der Waals surface area contributed by atoms with Crippen LogP contribution >= 0.6 is 11.3 Å². The molecule has 2 fully saturated rings. The Labute approximate surface area is 341 Å². The summed E-state index contributed by atoms with van der Waals surface area (Å²) in [6.45, 7) is 6.90. The van der Waals surface area contributed by atoms with Crippen molar-refractivity contribution in [1.82, 2.24) is 34.7 Å². The van der Waals surface area contributed by atoms with Gasteiger partial charge in [0.25, 0.3) is 11.5 Å². The lowest BCUT2D eigenvalue weighted by molar-refractivity contribution is -0.380. The Hall–Kier alpha value is -6.67. The number of rotatable bonds is 13. The van der Waals surface area contributed by atoms with Gasteiger partial charge in [-0.1, -0.05) is 25.0 Å². The van der Waals surface area contributed by atoms with Crippen molar-refractivity contribution < 1.29 is 24.1 Å². The topological polar surface area (TPSA) is 240 Å². The van der Waals surface area contributed by atoms with Crippen molar-refractivity contribution in [2.24, 2.45) is 0 Å². The van der Waals surface area contributed by atoms with Crippen molar-refractivity contribution >= 4 is 79.1 Å². The first-order valence-corrected chi connectivity index (χ1v) is 19.9. The standard InChI is InChI=1S/C39H42N12O7S/c1-22-28-19-42-38(46-34(28)50(25-8-4-5-9-25)36(56)33(22)24(3)52)45-30-13-12-26(18-40-30)49-16-14-48(15-17-49)21-32(54)41-20-31(53)44-29-11-7-6-10-27(29)35(55)47-39-43-23(2)37(59-39)51(57)58/h6-7,10-13,18-19,25H,4-5,8-9,14-17,20-21H2,1-3H3,(H,41,54)(H,44,53)(H,43,47,55)(H,40,42,45,46). The van der Waals surface area contributed by atoms with E-state index in [1.807, 2.05) is 17.0 Å². The maximum absolute atomic E-state index is 13.5. The Morgan fingerprint density at radius 3 is 2.36 bits per heavy atom. The van der Waals surface area contributed by atoms with Crippen LogP contribution in [0.3, 0.4) is 0 Å². The highest BCUT2D eigenvalue weighted by atomic mass is 32.1. The minimum absolute atomic E-state index is 0.0269. The van der Waals surface area contributed by atoms with Gasteiger partial charge < -0.3 is 20.9 Å². The summed E-state index contributed by atoms with van der Waals surface area (Å²) in [5, 5.41) is 22.7. The van der Waals surface area contributed by atoms with E-state index in [0.29, 0.717) is 48.6 Å². The zero-order valence-electron chi connectivity index (χ0n) is 32.6. The Bertz CT molecular complexity index is 2510. The number of Topliss-reactive ketones (excluding diaryl/α,β-unsaturated/α-hetero) is 1. The molecule has 0 radical (unpaired) electrons. The van der Waals surface area contributed by atoms with Crippen molar-refractivity contribution in [2.75, 3.05) is 60.1 Å². The van der Waals surface area contributed by atoms with E-state index in [9.17, 15) is 34.1 Å². The van der Waals surface area contributed by atoms with Crippen molar-refractivity contribution in [2.45, 2.75) is 52.5 Å². The SMILES string of the molecule is CC(=O)c1c(C)c2cnc(Nc3ccc(N4CCN(CC(=O)NCC(=O)Nc5ccccc5C(=O)Nc5nc(C)c([N+](=O)[O-])s5)CC4)cn3)nc2n(C2CCCC2)c1=O. The summed E-state index contributed by atoms with van der Waals surface area (Å²) >= 11 is 0.733. The summed E-state index contributed by atoms with van der Waals surface area (Å²) in [6.07, 6.45) is 7.11. The molecule has 0 atom stereocenters. The lowest BCUT2D eigenvalue weighted by Gasteiger charge is -2.35. The fraction of sp³-hybridized carbons (Fsp3) is 0.359. The van der Waals surface area contributed by atoms with Gasteiger partial charge in [-0.3, -0.25) is 48.9 Å². The molecule has 0 unspecified atom stereocenters. The first-order chi connectivity index (χ1) is 28.4. The van der Waals surface area contributed by atoms with E-state index in [-0.39, 0.29) is 75.0 Å². The van der Waals surface area contributed by atoms with Crippen LogP contribution in [0.25, 0.3) is 11.0 Å². The number of nitro groups is 1.